The van der Waals surface area contributed by atoms with E-state index >= 15 is 0 Å². The van der Waals surface area contributed by atoms with Gasteiger partial charge in [-0.05, 0) is 18.6 Å². The zero-order valence-electron chi connectivity index (χ0n) is 8.93. The summed E-state index contributed by atoms with van der Waals surface area (Å²) >= 11 is 0. The lowest BCUT2D eigenvalue weighted by Gasteiger charge is -2.07. The lowest BCUT2D eigenvalue weighted by molar-refractivity contribution is 0.576. The highest BCUT2D eigenvalue weighted by Gasteiger charge is 2.14. The van der Waals surface area contributed by atoms with Crippen LogP contribution in [0.4, 0.5) is 8.78 Å². The molecule has 0 fully saturated rings. The monoisotopic (exact) mass is 222 g/mol. The SMILES string of the molecule is CCC/C(C#N)=C(/N)c1c(F)cccc1F. The molecule has 0 bridgehead atoms. The molecule has 1 aromatic carbocycles. The summed E-state index contributed by atoms with van der Waals surface area (Å²) in [4.78, 5) is 0. The lowest BCUT2D eigenvalue weighted by Crippen LogP contribution is -2.06. The van der Waals surface area contributed by atoms with Crippen molar-refractivity contribution in [2.75, 3.05) is 0 Å². The molecule has 2 nitrogen and oxygen atoms in total. The van der Waals surface area contributed by atoms with Gasteiger partial charge in [-0.2, -0.15) is 5.26 Å². The van der Waals surface area contributed by atoms with E-state index < -0.39 is 11.6 Å². The number of nitrogens with zero attached hydrogens (tertiary/aromatic N) is 1. The number of nitrogens with two attached hydrogens (primary N) is 1. The summed E-state index contributed by atoms with van der Waals surface area (Å²) in [7, 11) is 0. The summed E-state index contributed by atoms with van der Waals surface area (Å²) in [5, 5.41) is 8.84. The molecule has 0 radical (unpaired) electrons. The van der Waals surface area contributed by atoms with Crippen LogP contribution in [0.15, 0.2) is 23.8 Å². The second-order valence-corrected chi connectivity index (χ2v) is 3.35. The second-order valence-electron chi connectivity index (χ2n) is 3.35. The van der Waals surface area contributed by atoms with Gasteiger partial charge < -0.3 is 5.73 Å². The van der Waals surface area contributed by atoms with Gasteiger partial charge in [-0.25, -0.2) is 8.78 Å². The average Bonchev–Trinajstić information content (AvgIpc) is 2.25. The van der Waals surface area contributed by atoms with Crippen LogP contribution in [-0.2, 0) is 0 Å². The van der Waals surface area contributed by atoms with Gasteiger partial charge in [-0.15, -0.1) is 0 Å². The second kappa shape index (κ2) is 5.26. The molecule has 0 aliphatic rings. The molecule has 4 heteroatoms. The fourth-order valence-corrected chi connectivity index (χ4v) is 1.41. The van der Waals surface area contributed by atoms with Gasteiger partial charge >= 0.3 is 0 Å². The Kier molecular flexibility index (Phi) is 4.01. The molecular weight excluding hydrogens is 210 g/mol. The Bertz CT molecular complexity index is 438. The number of nitriles is 1. The fraction of sp³-hybridized carbons (Fsp3) is 0.250. The van der Waals surface area contributed by atoms with Crippen LogP contribution in [-0.4, -0.2) is 0 Å². The van der Waals surface area contributed by atoms with Gasteiger partial charge in [0.25, 0.3) is 0 Å². The Morgan fingerprint density at radius 2 is 1.94 bits per heavy atom. The normalized spacial score (nSPS) is 11.9. The Morgan fingerprint density at radius 3 is 2.38 bits per heavy atom. The van der Waals surface area contributed by atoms with Gasteiger partial charge in [0.05, 0.1) is 22.9 Å². The highest BCUT2D eigenvalue weighted by atomic mass is 19.1. The quantitative estimate of drug-likeness (QED) is 0.799. The molecule has 0 saturated carbocycles. The van der Waals surface area contributed by atoms with Crippen LogP contribution in [0.25, 0.3) is 5.70 Å². The number of hydrogen-bond donors (Lipinski definition) is 1. The number of hydrogen-bond acceptors (Lipinski definition) is 2. The van der Waals surface area contributed by atoms with E-state index in [0.717, 1.165) is 12.1 Å². The highest BCUT2D eigenvalue weighted by Crippen LogP contribution is 2.22. The van der Waals surface area contributed by atoms with Crippen molar-refractivity contribution in [3.05, 3.63) is 41.0 Å². The molecule has 0 saturated heterocycles. The first-order valence-electron chi connectivity index (χ1n) is 4.94. The molecule has 1 aromatic rings. The molecule has 0 aliphatic heterocycles. The third-order valence-electron chi connectivity index (χ3n) is 2.19. The Labute approximate surface area is 93.0 Å². The van der Waals surface area contributed by atoms with Crippen LogP contribution in [0.5, 0.6) is 0 Å². The first-order chi connectivity index (χ1) is 7.61. The van der Waals surface area contributed by atoms with Crippen LogP contribution >= 0.6 is 0 Å². The van der Waals surface area contributed by atoms with Crippen molar-refractivity contribution in [1.82, 2.24) is 0 Å². The molecule has 16 heavy (non-hydrogen) atoms. The average molecular weight is 222 g/mol. The molecule has 0 aromatic heterocycles. The van der Waals surface area contributed by atoms with E-state index in [1.165, 1.54) is 6.07 Å². The molecule has 1 rings (SSSR count). The standard InChI is InChI=1S/C12H12F2N2/c1-2-4-8(7-15)12(16)11-9(13)5-3-6-10(11)14/h3,5-6H,2,4,16H2,1H3/b12-8-. The maximum absolute atomic E-state index is 13.4. The van der Waals surface area contributed by atoms with Crippen LogP contribution < -0.4 is 5.73 Å². The zero-order chi connectivity index (χ0) is 12.1. The molecule has 0 atom stereocenters. The smallest absolute Gasteiger partial charge is 0.135 e. The summed E-state index contributed by atoms with van der Waals surface area (Å²) in [6.07, 6.45) is 1.11. The van der Waals surface area contributed by atoms with E-state index in [1.54, 1.807) is 0 Å². The van der Waals surface area contributed by atoms with E-state index in [4.69, 9.17) is 11.0 Å². The summed E-state index contributed by atoms with van der Waals surface area (Å²) in [6.45, 7) is 1.86. The minimum absolute atomic E-state index is 0.111. The predicted molar refractivity (Wildman–Crippen MR) is 58.0 cm³/mol. The van der Waals surface area contributed by atoms with Crippen LogP contribution in [0.2, 0.25) is 0 Å². The molecular formula is C12H12F2N2. The largest absolute Gasteiger partial charge is 0.397 e. The zero-order valence-corrected chi connectivity index (χ0v) is 8.93. The number of benzene rings is 1. The van der Waals surface area contributed by atoms with Gasteiger partial charge in [0.2, 0.25) is 0 Å². The van der Waals surface area contributed by atoms with Crippen molar-refractivity contribution in [3.63, 3.8) is 0 Å². The van der Waals surface area contributed by atoms with Crippen LogP contribution in [0, 0.1) is 23.0 Å². The van der Waals surface area contributed by atoms with E-state index in [9.17, 15) is 8.78 Å². The van der Waals surface area contributed by atoms with Crippen molar-refractivity contribution in [2.24, 2.45) is 5.73 Å². The molecule has 84 valence electrons. The summed E-state index contributed by atoms with van der Waals surface area (Å²) < 4.78 is 26.7. The van der Waals surface area contributed by atoms with Crippen LogP contribution in [0.1, 0.15) is 25.3 Å². The van der Waals surface area contributed by atoms with Gasteiger partial charge in [0.1, 0.15) is 11.6 Å². The van der Waals surface area contributed by atoms with E-state index in [0.29, 0.717) is 12.8 Å². The molecule has 0 aliphatic carbocycles. The minimum Gasteiger partial charge on any atom is -0.397 e. The molecule has 0 amide bonds. The van der Waals surface area contributed by atoms with Crippen molar-refractivity contribution in [2.45, 2.75) is 19.8 Å². The fourth-order valence-electron chi connectivity index (χ4n) is 1.41. The van der Waals surface area contributed by atoms with Crippen molar-refractivity contribution < 1.29 is 8.78 Å². The molecule has 0 heterocycles. The highest BCUT2D eigenvalue weighted by molar-refractivity contribution is 5.69. The van der Waals surface area contributed by atoms with E-state index in [2.05, 4.69) is 0 Å². The van der Waals surface area contributed by atoms with E-state index in [1.807, 2.05) is 13.0 Å². The Hall–Kier alpha value is -1.89. The van der Waals surface area contributed by atoms with Gasteiger partial charge in [-0.3, -0.25) is 0 Å². The van der Waals surface area contributed by atoms with Crippen LogP contribution in [0.3, 0.4) is 0 Å². The summed E-state index contributed by atoms with van der Waals surface area (Å²) in [5.41, 5.74) is 5.41. The number of halogens is 2. The third kappa shape index (κ3) is 2.37. The third-order valence-corrected chi connectivity index (χ3v) is 2.19. The maximum atomic E-state index is 13.4. The van der Waals surface area contributed by atoms with E-state index in [-0.39, 0.29) is 16.8 Å². The Morgan fingerprint density at radius 1 is 1.38 bits per heavy atom. The first-order valence-corrected chi connectivity index (χ1v) is 4.94. The maximum Gasteiger partial charge on any atom is 0.135 e. The Balaban J connectivity index is 3.33. The van der Waals surface area contributed by atoms with Gasteiger partial charge in [-0.1, -0.05) is 19.4 Å². The van der Waals surface area contributed by atoms with Crippen molar-refractivity contribution in [1.29, 1.82) is 5.26 Å². The molecule has 0 unspecified atom stereocenters. The summed E-state index contributed by atoms with van der Waals surface area (Å²) in [6, 6.07) is 5.37. The molecule has 0 spiro atoms. The predicted octanol–water partition coefficient (Wildman–Crippen LogP) is 2.96. The van der Waals surface area contributed by atoms with Crippen molar-refractivity contribution >= 4 is 5.70 Å². The number of allylic oxidation sites excluding steroid dienone is 1. The topological polar surface area (TPSA) is 49.8 Å². The van der Waals surface area contributed by atoms with Gasteiger partial charge in [0.15, 0.2) is 0 Å². The molecule has 2 N–H and O–H groups in total. The lowest BCUT2D eigenvalue weighted by atomic mass is 10.0. The van der Waals surface area contributed by atoms with Crippen molar-refractivity contribution in [3.8, 4) is 6.07 Å². The number of rotatable bonds is 3. The minimum atomic E-state index is -0.749. The summed E-state index contributed by atoms with van der Waals surface area (Å²) in [5.74, 6) is -1.50. The van der Waals surface area contributed by atoms with Gasteiger partial charge in [0, 0.05) is 0 Å². The first kappa shape index (κ1) is 12.2.